The standard InChI is InChI=1S/C16H23Cl3N6O4/c1-10(29-12(28)4-3-11(26)27)9-20-14-21-13(16(17,18)19)22-15(23-14)25-7-5-24(2)6-8-25/h10H,3-9H2,1-2H3,(H,26,27)(H,20,21,22,23). The molecule has 1 aliphatic rings. The van der Waals surface area contributed by atoms with Crippen molar-refractivity contribution in [1.82, 2.24) is 19.9 Å². The molecule has 10 nitrogen and oxygen atoms in total. The van der Waals surface area contributed by atoms with Gasteiger partial charge in [0.1, 0.15) is 6.10 Å². The van der Waals surface area contributed by atoms with E-state index in [0.29, 0.717) is 5.95 Å². The minimum Gasteiger partial charge on any atom is -0.481 e. The topological polar surface area (TPSA) is 121 Å². The highest BCUT2D eigenvalue weighted by Crippen LogP contribution is 2.36. The van der Waals surface area contributed by atoms with Crippen molar-refractivity contribution in [3.8, 4) is 0 Å². The third-order valence-electron chi connectivity index (χ3n) is 4.09. The number of aromatic nitrogens is 3. The fourth-order valence-corrected chi connectivity index (χ4v) is 2.74. The van der Waals surface area contributed by atoms with Crippen molar-refractivity contribution in [3.63, 3.8) is 0 Å². The molecule has 0 aromatic carbocycles. The van der Waals surface area contributed by atoms with Gasteiger partial charge in [-0.3, -0.25) is 9.59 Å². The fraction of sp³-hybridized carbons (Fsp3) is 0.688. The number of carboxylic acids is 1. The zero-order valence-electron chi connectivity index (χ0n) is 16.1. The van der Waals surface area contributed by atoms with Gasteiger partial charge in [0, 0.05) is 26.2 Å². The molecule has 0 aliphatic carbocycles. The number of ether oxygens (including phenoxy) is 1. The van der Waals surface area contributed by atoms with Crippen LogP contribution in [0.4, 0.5) is 11.9 Å². The van der Waals surface area contributed by atoms with Crippen molar-refractivity contribution in [1.29, 1.82) is 0 Å². The normalized spacial score (nSPS) is 16.4. The number of hydrogen-bond acceptors (Lipinski definition) is 9. The smallest absolute Gasteiger partial charge is 0.306 e. The van der Waals surface area contributed by atoms with Gasteiger partial charge in [-0.25, -0.2) is 0 Å². The van der Waals surface area contributed by atoms with Crippen LogP contribution in [0.15, 0.2) is 0 Å². The van der Waals surface area contributed by atoms with Crippen molar-refractivity contribution in [3.05, 3.63) is 5.82 Å². The number of carbonyl (C=O) groups is 2. The summed E-state index contributed by atoms with van der Waals surface area (Å²) in [4.78, 5) is 39.1. The lowest BCUT2D eigenvalue weighted by atomic mass is 10.3. The summed E-state index contributed by atoms with van der Waals surface area (Å²) < 4.78 is 3.32. The third-order valence-corrected chi connectivity index (χ3v) is 4.59. The number of aliphatic carboxylic acids is 1. The molecule has 1 saturated heterocycles. The summed E-state index contributed by atoms with van der Waals surface area (Å²) in [6.07, 6.45) is -1.03. The van der Waals surface area contributed by atoms with Gasteiger partial charge in [-0.2, -0.15) is 15.0 Å². The third kappa shape index (κ3) is 7.96. The number of esters is 1. The van der Waals surface area contributed by atoms with Crippen molar-refractivity contribution >= 4 is 58.6 Å². The van der Waals surface area contributed by atoms with Crippen LogP contribution in [0.5, 0.6) is 0 Å². The van der Waals surface area contributed by atoms with Crippen LogP contribution in [0.2, 0.25) is 0 Å². The van der Waals surface area contributed by atoms with Gasteiger partial charge in [0.2, 0.25) is 15.7 Å². The van der Waals surface area contributed by atoms with Crippen LogP contribution >= 0.6 is 34.8 Å². The number of piperazine rings is 1. The fourth-order valence-electron chi connectivity index (χ4n) is 2.49. The predicted molar refractivity (Wildman–Crippen MR) is 110 cm³/mol. The van der Waals surface area contributed by atoms with Crippen molar-refractivity contribution in [2.45, 2.75) is 29.7 Å². The van der Waals surface area contributed by atoms with Gasteiger partial charge in [-0.1, -0.05) is 34.8 Å². The summed E-state index contributed by atoms with van der Waals surface area (Å²) in [5.74, 6) is -1.10. The molecule has 13 heteroatoms. The molecule has 29 heavy (non-hydrogen) atoms. The van der Waals surface area contributed by atoms with E-state index in [2.05, 4.69) is 25.2 Å². The number of nitrogens with zero attached hydrogens (tertiary/aromatic N) is 5. The van der Waals surface area contributed by atoms with Crippen molar-refractivity contribution in [2.75, 3.05) is 50.0 Å². The lowest BCUT2D eigenvalue weighted by Crippen LogP contribution is -2.45. The van der Waals surface area contributed by atoms with E-state index in [0.717, 1.165) is 26.2 Å². The molecule has 1 aromatic rings. The molecular weight excluding hydrogens is 447 g/mol. The number of alkyl halides is 3. The molecule has 0 spiro atoms. The lowest BCUT2D eigenvalue weighted by molar-refractivity contribution is -0.150. The van der Waals surface area contributed by atoms with Gasteiger partial charge in [0.15, 0.2) is 5.82 Å². The summed E-state index contributed by atoms with van der Waals surface area (Å²) in [6, 6.07) is 0. The van der Waals surface area contributed by atoms with Crippen molar-refractivity contribution < 1.29 is 19.4 Å². The average molecular weight is 470 g/mol. The van der Waals surface area contributed by atoms with Gasteiger partial charge in [-0.05, 0) is 14.0 Å². The van der Waals surface area contributed by atoms with Crippen LogP contribution < -0.4 is 10.2 Å². The second-order valence-electron chi connectivity index (χ2n) is 6.65. The minimum absolute atomic E-state index is 0.0139. The number of halogens is 3. The first kappa shape index (κ1) is 23.7. The molecule has 2 heterocycles. The first-order valence-electron chi connectivity index (χ1n) is 8.96. The number of carboxylic acid groups (broad SMARTS) is 1. The predicted octanol–water partition coefficient (Wildman–Crippen LogP) is 1.66. The maximum Gasteiger partial charge on any atom is 0.306 e. The van der Waals surface area contributed by atoms with E-state index in [-0.39, 0.29) is 31.2 Å². The van der Waals surface area contributed by atoms with E-state index in [9.17, 15) is 9.59 Å². The molecule has 0 radical (unpaired) electrons. The van der Waals surface area contributed by atoms with E-state index in [1.165, 1.54) is 0 Å². The Morgan fingerprint density at radius 3 is 2.41 bits per heavy atom. The summed E-state index contributed by atoms with van der Waals surface area (Å²) in [5.41, 5.74) is 0. The van der Waals surface area contributed by atoms with Crippen LogP contribution in [0, 0.1) is 0 Å². The summed E-state index contributed by atoms with van der Waals surface area (Å²) in [6.45, 7) is 4.98. The van der Waals surface area contributed by atoms with E-state index < -0.39 is 21.8 Å². The highest BCUT2D eigenvalue weighted by molar-refractivity contribution is 6.66. The number of likely N-dealkylation sites (N-methyl/N-ethyl adjacent to an activating group) is 1. The average Bonchev–Trinajstić information content (AvgIpc) is 2.64. The molecule has 1 aromatic heterocycles. The molecule has 0 bridgehead atoms. The Morgan fingerprint density at radius 2 is 1.83 bits per heavy atom. The van der Waals surface area contributed by atoms with E-state index >= 15 is 0 Å². The first-order valence-corrected chi connectivity index (χ1v) is 10.1. The SMILES string of the molecule is CC(CNc1nc(N2CCN(C)CC2)nc(C(Cl)(Cl)Cl)n1)OC(=O)CCC(=O)O. The van der Waals surface area contributed by atoms with Gasteiger partial charge < -0.3 is 25.0 Å². The van der Waals surface area contributed by atoms with E-state index in [1.54, 1.807) is 6.92 Å². The largest absolute Gasteiger partial charge is 0.481 e. The Hall–Kier alpha value is -1.62. The monoisotopic (exact) mass is 468 g/mol. The van der Waals surface area contributed by atoms with Crippen molar-refractivity contribution in [2.24, 2.45) is 0 Å². The van der Waals surface area contributed by atoms with E-state index in [4.69, 9.17) is 44.6 Å². The minimum atomic E-state index is -1.82. The molecule has 0 amide bonds. The number of hydrogen-bond donors (Lipinski definition) is 2. The van der Waals surface area contributed by atoms with Gasteiger partial charge in [0.05, 0.1) is 19.4 Å². The number of rotatable bonds is 8. The zero-order valence-corrected chi connectivity index (χ0v) is 18.3. The highest BCUT2D eigenvalue weighted by Gasteiger charge is 2.30. The molecule has 162 valence electrons. The molecule has 2 N–H and O–H groups in total. The summed E-state index contributed by atoms with van der Waals surface area (Å²) >= 11 is 17.9. The second-order valence-corrected chi connectivity index (χ2v) is 8.93. The Bertz CT molecular complexity index is 725. The maximum atomic E-state index is 11.6. The molecule has 0 saturated carbocycles. The van der Waals surface area contributed by atoms with Gasteiger partial charge >= 0.3 is 11.9 Å². The van der Waals surface area contributed by atoms with E-state index in [1.807, 2.05) is 11.9 Å². The van der Waals surface area contributed by atoms with Crippen LogP contribution in [-0.4, -0.2) is 82.8 Å². The van der Waals surface area contributed by atoms with Crippen LogP contribution in [0.3, 0.4) is 0 Å². The molecule has 1 atom stereocenters. The highest BCUT2D eigenvalue weighted by atomic mass is 35.6. The number of carbonyl (C=O) groups excluding carboxylic acids is 1. The number of anilines is 2. The van der Waals surface area contributed by atoms with Gasteiger partial charge in [-0.15, -0.1) is 0 Å². The molecule has 1 unspecified atom stereocenters. The molecule has 2 rings (SSSR count). The Balaban J connectivity index is 2.04. The van der Waals surface area contributed by atoms with Crippen LogP contribution in [0.1, 0.15) is 25.6 Å². The molecule has 1 aliphatic heterocycles. The number of nitrogens with one attached hydrogen (secondary N) is 1. The Kier molecular flexibility index (Phi) is 8.50. The molecule has 1 fully saturated rings. The van der Waals surface area contributed by atoms with Crippen LogP contribution in [0.25, 0.3) is 0 Å². The molecular formula is C16H23Cl3N6O4. The maximum absolute atomic E-state index is 11.6. The summed E-state index contributed by atoms with van der Waals surface area (Å²) in [7, 11) is 2.03. The van der Waals surface area contributed by atoms with Gasteiger partial charge in [0.25, 0.3) is 0 Å². The summed E-state index contributed by atoms with van der Waals surface area (Å²) in [5, 5.41) is 11.6. The Morgan fingerprint density at radius 1 is 1.17 bits per heavy atom. The Labute approximate surface area is 183 Å². The quantitative estimate of drug-likeness (QED) is 0.429. The first-order chi connectivity index (χ1) is 13.5. The zero-order chi connectivity index (χ0) is 21.6. The van der Waals surface area contributed by atoms with Crippen LogP contribution in [-0.2, 0) is 18.1 Å². The second kappa shape index (κ2) is 10.4. The lowest BCUT2D eigenvalue weighted by Gasteiger charge is -2.32.